The predicted octanol–water partition coefficient (Wildman–Crippen LogP) is 5.26. The van der Waals surface area contributed by atoms with Crippen molar-refractivity contribution in [1.82, 2.24) is 5.32 Å². The van der Waals surface area contributed by atoms with E-state index in [1.54, 1.807) is 27.7 Å². The molecule has 0 heterocycles. The first-order valence-electron chi connectivity index (χ1n) is 10.2. The van der Waals surface area contributed by atoms with Crippen LogP contribution in [0.15, 0.2) is 48.5 Å². The van der Waals surface area contributed by atoms with Crippen LogP contribution in [0.2, 0.25) is 0 Å². The molecule has 0 aromatic heterocycles. The molecule has 0 saturated heterocycles. The van der Waals surface area contributed by atoms with Crippen LogP contribution in [-0.4, -0.2) is 29.8 Å². The Morgan fingerprint density at radius 2 is 1.68 bits per heavy atom. The summed E-state index contributed by atoms with van der Waals surface area (Å²) in [6.07, 6.45) is -0.435. The van der Waals surface area contributed by atoms with Crippen molar-refractivity contribution in [2.75, 3.05) is 6.61 Å². The van der Waals surface area contributed by atoms with Crippen LogP contribution in [0.4, 0.5) is 4.79 Å². The lowest BCUT2D eigenvalue weighted by Crippen LogP contribution is -2.55. The van der Waals surface area contributed by atoms with Gasteiger partial charge in [0.05, 0.1) is 10.2 Å². The van der Waals surface area contributed by atoms with Gasteiger partial charge in [-0.3, -0.25) is 0 Å². The second kappa shape index (κ2) is 10.8. The third-order valence-corrected chi connectivity index (χ3v) is 5.14. The van der Waals surface area contributed by atoms with Crippen LogP contribution < -0.4 is 10.1 Å². The van der Waals surface area contributed by atoms with Gasteiger partial charge in [-0.25, -0.2) is 9.59 Å². The molecule has 7 heteroatoms. The summed E-state index contributed by atoms with van der Waals surface area (Å²) in [4.78, 5) is 25.6. The van der Waals surface area contributed by atoms with Crippen LogP contribution in [0, 0.1) is 3.57 Å². The van der Waals surface area contributed by atoms with Crippen molar-refractivity contribution < 1.29 is 23.8 Å². The molecule has 0 saturated carbocycles. The summed E-state index contributed by atoms with van der Waals surface area (Å²) < 4.78 is 17.4. The first kappa shape index (κ1) is 25.0. The average molecular weight is 539 g/mol. The van der Waals surface area contributed by atoms with Crippen LogP contribution in [0.25, 0.3) is 0 Å². The van der Waals surface area contributed by atoms with E-state index in [9.17, 15) is 9.59 Å². The van der Waals surface area contributed by atoms with E-state index in [2.05, 4.69) is 27.9 Å². The number of hydrogen-bond donors (Lipinski definition) is 1. The Kier molecular flexibility index (Phi) is 8.73. The Labute approximate surface area is 197 Å². The van der Waals surface area contributed by atoms with Crippen LogP contribution in [0.1, 0.15) is 45.7 Å². The molecule has 0 aliphatic rings. The first-order valence-corrected chi connectivity index (χ1v) is 11.2. The molecule has 0 bridgehead atoms. The molecule has 0 aliphatic carbocycles. The molecule has 0 spiro atoms. The minimum atomic E-state index is -1.31. The Hall–Kier alpha value is -2.29. The third kappa shape index (κ3) is 8.05. The van der Waals surface area contributed by atoms with Gasteiger partial charge in [-0.15, -0.1) is 0 Å². The fourth-order valence-corrected chi connectivity index (χ4v) is 3.65. The van der Waals surface area contributed by atoms with Crippen molar-refractivity contribution in [3.8, 4) is 5.75 Å². The summed E-state index contributed by atoms with van der Waals surface area (Å²) in [5, 5.41) is 2.72. The second-order valence-electron chi connectivity index (χ2n) is 8.40. The van der Waals surface area contributed by atoms with E-state index in [0.29, 0.717) is 6.61 Å². The molecule has 2 aromatic carbocycles. The lowest BCUT2D eigenvalue weighted by Gasteiger charge is -2.30. The van der Waals surface area contributed by atoms with Gasteiger partial charge in [0.25, 0.3) is 0 Å². The maximum Gasteiger partial charge on any atom is 0.408 e. The summed E-state index contributed by atoms with van der Waals surface area (Å²) in [5.74, 6) is 0.242. The van der Waals surface area contributed by atoms with Crippen LogP contribution in [-0.2, 0) is 27.3 Å². The second-order valence-corrected chi connectivity index (χ2v) is 9.56. The lowest BCUT2D eigenvalue weighted by atomic mass is 9.92. The zero-order valence-electron chi connectivity index (χ0n) is 18.7. The number of ether oxygens (including phenoxy) is 3. The number of amides is 1. The van der Waals surface area contributed by atoms with Crippen molar-refractivity contribution in [2.45, 2.75) is 58.8 Å². The van der Waals surface area contributed by atoms with Crippen LogP contribution in [0.5, 0.6) is 5.75 Å². The number of nitrogens with one attached hydrogen (secondary N) is 1. The van der Waals surface area contributed by atoms with E-state index >= 15 is 0 Å². The smallest absolute Gasteiger partial charge is 0.408 e. The Morgan fingerprint density at radius 1 is 1.00 bits per heavy atom. The highest BCUT2D eigenvalue weighted by molar-refractivity contribution is 14.1. The number of hydrogen-bond acceptors (Lipinski definition) is 5. The largest absolute Gasteiger partial charge is 0.493 e. The fourth-order valence-electron chi connectivity index (χ4n) is 2.91. The van der Waals surface area contributed by atoms with Gasteiger partial charge in [0.2, 0.25) is 0 Å². The van der Waals surface area contributed by atoms with Gasteiger partial charge >= 0.3 is 12.1 Å². The Morgan fingerprint density at radius 3 is 2.26 bits per heavy atom. The topological polar surface area (TPSA) is 73.9 Å². The highest BCUT2D eigenvalue weighted by Gasteiger charge is 2.38. The normalized spacial score (nSPS) is 13.1. The monoisotopic (exact) mass is 539 g/mol. The zero-order valence-corrected chi connectivity index (χ0v) is 20.8. The van der Waals surface area contributed by atoms with E-state index in [1.807, 2.05) is 55.5 Å². The van der Waals surface area contributed by atoms with Gasteiger partial charge < -0.3 is 19.5 Å². The molecule has 0 unspecified atom stereocenters. The number of benzene rings is 2. The SMILES string of the molecule is CCOc1ccc(C[C@](C)(NC(=O)OC(C)(C)C)C(=O)OCc2ccccc2)cc1I. The van der Waals surface area contributed by atoms with Gasteiger partial charge in [0, 0.05) is 6.42 Å². The average Bonchev–Trinajstić information content (AvgIpc) is 2.67. The summed E-state index contributed by atoms with van der Waals surface area (Å²) in [7, 11) is 0. The molecule has 0 aliphatic heterocycles. The van der Waals surface area contributed by atoms with Gasteiger partial charge in [-0.2, -0.15) is 0 Å². The van der Waals surface area contributed by atoms with Crippen molar-refractivity contribution in [1.29, 1.82) is 0 Å². The molecule has 2 aromatic rings. The van der Waals surface area contributed by atoms with Gasteiger partial charge in [-0.1, -0.05) is 36.4 Å². The molecule has 0 radical (unpaired) electrons. The van der Waals surface area contributed by atoms with E-state index in [-0.39, 0.29) is 13.0 Å². The molecule has 1 N–H and O–H groups in total. The van der Waals surface area contributed by atoms with E-state index in [1.165, 1.54) is 0 Å². The summed E-state index contributed by atoms with van der Waals surface area (Å²) in [6.45, 7) is 9.57. The molecule has 2 rings (SSSR count). The highest BCUT2D eigenvalue weighted by atomic mass is 127. The molecule has 1 amide bonds. The summed E-state index contributed by atoms with van der Waals surface area (Å²) >= 11 is 2.19. The molecule has 168 valence electrons. The molecule has 6 nitrogen and oxygen atoms in total. The molecule has 31 heavy (non-hydrogen) atoms. The van der Waals surface area contributed by atoms with E-state index in [0.717, 1.165) is 20.4 Å². The third-order valence-electron chi connectivity index (χ3n) is 4.29. The summed E-state index contributed by atoms with van der Waals surface area (Å²) in [6, 6.07) is 15.1. The Balaban J connectivity index is 2.22. The number of halogens is 1. The van der Waals surface area contributed by atoms with Crippen molar-refractivity contribution in [3.05, 3.63) is 63.2 Å². The molecular formula is C24H30INO5. The minimum Gasteiger partial charge on any atom is -0.493 e. The standard InChI is InChI=1S/C24H30INO5/c1-6-29-20-13-12-18(14-19(20)25)15-24(5,26-22(28)31-23(2,3)4)21(27)30-16-17-10-8-7-9-11-17/h7-14H,6,15-16H2,1-5H3,(H,26,28)/t24-/m0/s1. The van der Waals surface area contributed by atoms with Crippen LogP contribution in [0.3, 0.4) is 0 Å². The fraction of sp³-hybridized carbons (Fsp3) is 0.417. The first-order chi connectivity index (χ1) is 14.5. The lowest BCUT2D eigenvalue weighted by molar-refractivity contribution is -0.152. The van der Waals surface area contributed by atoms with Crippen LogP contribution >= 0.6 is 22.6 Å². The van der Waals surface area contributed by atoms with Crippen molar-refractivity contribution in [3.63, 3.8) is 0 Å². The minimum absolute atomic E-state index is 0.117. The number of carbonyl (C=O) groups excluding carboxylic acids is 2. The molecule has 0 fully saturated rings. The highest BCUT2D eigenvalue weighted by Crippen LogP contribution is 2.25. The maximum atomic E-state index is 13.1. The molecule has 1 atom stereocenters. The van der Waals surface area contributed by atoms with E-state index in [4.69, 9.17) is 14.2 Å². The number of carbonyl (C=O) groups is 2. The Bertz CT molecular complexity index is 895. The number of esters is 1. The zero-order chi connectivity index (χ0) is 23.1. The van der Waals surface area contributed by atoms with Gasteiger partial charge in [0.1, 0.15) is 23.5 Å². The maximum absolute atomic E-state index is 13.1. The van der Waals surface area contributed by atoms with Crippen molar-refractivity contribution >= 4 is 34.7 Å². The number of alkyl carbamates (subject to hydrolysis) is 1. The van der Waals surface area contributed by atoms with Gasteiger partial charge in [-0.05, 0) is 80.5 Å². The predicted molar refractivity (Wildman–Crippen MR) is 128 cm³/mol. The molecular weight excluding hydrogens is 509 g/mol. The van der Waals surface area contributed by atoms with Crippen molar-refractivity contribution in [2.24, 2.45) is 0 Å². The van der Waals surface area contributed by atoms with E-state index < -0.39 is 23.2 Å². The quantitative estimate of drug-likeness (QED) is 0.366. The summed E-state index contributed by atoms with van der Waals surface area (Å²) in [5.41, 5.74) is -0.269. The van der Waals surface area contributed by atoms with Gasteiger partial charge in [0.15, 0.2) is 0 Å². The number of rotatable bonds is 8.